The van der Waals surface area contributed by atoms with E-state index in [0.29, 0.717) is 5.92 Å². The molecule has 0 aliphatic rings. The van der Waals surface area contributed by atoms with E-state index in [4.69, 9.17) is 0 Å². The summed E-state index contributed by atoms with van der Waals surface area (Å²) in [6.07, 6.45) is 5.55. The maximum Gasteiger partial charge on any atom is 0.123 e. The van der Waals surface area contributed by atoms with Gasteiger partial charge >= 0.3 is 0 Å². The molecule has 0 saturated carbocycles. The maximum absolute atomic E-state index is 10.2. The van der Waals surface area contributed by atoms with Crippen LogP contribution in [0.1, 0.15) is 56.2 Å². The van der Waals surface area contributed by atoms with Gasteiger partial charge in [-0.05, 0) is 33.6 Å². The average molecular weight is 248 g/mol. The third-order valence-corrected chi connectivity index (χ3v) is 3.01. The number of hydrogen-bond acceptors (Lipinski definition) is 1. The van der Waals surface area contributed by atoms with Crippen molar-refractivity contribution in [2.24, 2.45) is 5.92 Å². The molecule has 0 N–H and O–H groups in total. The minimum absolute atomic E-state index is 0.324. The Hall–Kier alpha value is -1.11. The molecule has 0 aliphatic carbocycles. The van der Waals surface area contributed by atoms with E-state index in [2.05, 4.69) is 52.8 Å². The second kappa shape index (κ2) is 9.87. The van der Waals surface area contributed by atoms with Crippen LogP contribution >= 0.6 is 0 Å². The smallest absolute Gasteiger partial charge is 0.123 e. The Balaban J connectivity index is 0.000000321. The number of unbranched alkanes of at least 4 members (excludes halogenated alkanes) is 1. The van der Waals surface area contributed by atoms with Gasteiger partial charge in [-0.25, -0.2) is 0 Å². The first-order chi connectivity index (χ1) is 8.53. The van der Waals surface area contributed by atoms with Crippen molar-refractivity contribution in [3.05, 3.63) is 34.9 Å². The Morgan fingerprint density at radius 3 is 1.72 bits per heavy atom. The highest BCUT2D eigenvalue weighted by Crippen LogP contribution is 2.08. The van der Waals surface area contributed by atoms with Gasteiger partial charge in [-0.2, -0.15) is 0 Å². The molecule has 0 heterocycles. The average Bonchev–Trinajstić information content (AvgIpc) is 2.29. The van der Waals surface area contributed by atoms with Gasteiger partial charge in [0.15, 0.2) is 0 Å². The van der Waals surface area contributed by atoms with Crippen molar-refractivity contribution in [3.8, 4) is 0 Å². The zero-order valence-corrected chi connectivity index (χ0v) is 12.6. The van der Waals surface area contributed by atoms with Crippen molar-refractivity contribution in [1.29, 1.82) is 0 Å². The first-order valence-electron chi connectivity index (χ1n) is 7.03. The molecule has 1 atom stereocenters. The highest BCUT2D eigenvalue weighted by atomic mass is 16.1. The zero-order chi connectivity index (χ0) is 14.0. The fourth-order valence-electron chi connectivity index (χ4n) is 2.04. The Morgan fingerprint density at radius 2 is 1.44 bits per heavy atom. The summed E-state index contributed by atoms with van der Waals surface area (Å²) in [5.74, 6) is 0.324. The van der Waals surface area contributed by atoms with Crippen LogP contribution in [0, 0.1) is 26.7 Å². The Bertz CT molecular complexity index is 291. The first kappa shape index (κ1) is 16.9. The molecule has 0 amide bonds. The monoisotopic (exact) mass is 248 g/mol. The summed E-state index contributed by atoms with van der Waals surface area (Å²) in [6.45, 7) is 10.6. The van der Waals surface area contributed by atoms with Gasteiger partial charge in [0.05, 0.1) is 0 Å². The van der Waals surface area contributed by atoms with E-state index < -0.39 is 0 Å². The van der Waals surface area contributed by atoms with Gasteiger partial charge in [0.2, 0.25) is 0 Å². The van der Waals surface area contributed by atoms with Crippen LogP contribution in [0.5, 0.6) is 0 Å². The third kappa shape index (κ3) is 8.05. The Labute approximate surface area is 113 Å². The summed E-state index contributed by atoms with van der Waals surface area (Å²) < 4.78 is 0. The van der Waals surface area contributed by atoms with Gasteiger partial charge < -0.3 is 4.79 Å². The molecule has 0 aromatic heterocycles. The second-order valence-corrected chi connectivity index (χ2v) is 5.11. The molecule has 0 aliphatic heterocycles. The number of hydrogen-bond donors (Lipinski definition) is 0. The highest BCUT2D eigenvalue weighted by molar-refractivity contribution is 5.53. The molecule has 102 valence electrons. The van der Waals surface area contributed by atoms with E-state index in [-0.39, 0.29) is 0 Å². The number of carbonyl (C=O) groups is 1. The fraction of sp³-hybridized carbons (Fsp3) is 0.588. The normalized spacial score (nSPS) is 11.4. The van der Waals surface area contributed by atoms with Gasteiger partial charge in [0, 0.05) is 5.92 Å². The summed E-state index contributed by atoms with van der Waals surface area (Å²) in [5.41, 5.74) is 4.06. The summed E-state index contributed by atoms with van der Waals surface area (Å²) in [6, 6.07) is 6.56. The van der Waals surface area contributed by atoms with Crippen LogP contribution in [-0.2, 0) is 4.79 Å². The molecular weight excluding hydrogens is 220 g/mol. The van der Waals surface area contributed by atoms with Crippen LogP contribution in [-0.4, -0.2) is 6.29 Å². The summed E-state index contributed by atoms with van der Waals surface area (Å²) in [5, 5.41) is 0. The van der Waals surface area contributed by atoms with E-state index in [9.17, 15) is 4.79 Å². The number of benzene rings is 1. The largest absolute Gasteiger partial charge is 0.303 e. The molecule has 1 aromatic carbocycles. The van der Waals surface area contributed by atoms with Crippen molar-refractivity contribution in [1.82, 2.24) is 0 Å². The van der Waals surface area contributed by atoms with E-state index in [1.54, 1.807) is 0 Å². The highest BCUT2D eigenvalue weighted by Gasteiger charge is 2.01. The van der Waals surface area contributed by atoms with Crippen molar-refractivity contribution in [3.63, 3.8) is 0 Å². The molecule has 0 radical (unpaired) electrons. The summed E-state index contributed by atoms with van der Waals surface area (Å²) >= 11 is 0. The molecule has 1 unspecified atom stereocenters. The Morgan fingerprint density at radius 1 is 1.00 bits per heavy atom. The summed E-state index contributed by atoms with van der Waals surface area (Å²) in [4.78, 5) is 10.2. The van der Waals surface area contributed by atoms with Gasteiger partial charge in [0.1, 0.15) is 6.29 Å². The van der Waals surface area contributed by atoms with E-state index >= 15 is 0 Å². The molecule has 1 aromatic rings. The van der Waals surface area contributed by atoms with Gasteiger partial charge in [-0.1, -0.05) is 61.6 Å². The van der Waals surface area contributed by atoms with Gasteiger partial charge in [-0.15, -0.1) is 0 Å². The number of rotatable bonds is 5. The SMILES string of the molecule is CCCCC(C=O)CC.Cc1cc(C)cc(C)c1. The van der Waals surface area contributed by atoms with E-state index in [0.717, 1.165) is 19.1 Å². The molecule has 1 heteroatoms. The minimum Gasteiger partial charge on any atom is -0.303 e. The lowest BCUT2D eigenvalue weighted by Gasteiger charge is -2.03. The maximum atomic E-state index is 10.2. The molecule has 0 saturated heterocycles. The van der Waals surface area contributed by atoms with Crippen LogP contribution in [0.25, 0.3) is 0 Å². The quantitative estimate of drug-likeness (QED) is 0.669. The van der Waals surface area contributed by atoms with Crippen molar-refractivity contribution in [2.75, 3.05) is 0 Å². The van der Waals surface area contributed by atoms with Crippen LogP contribution in [0.4, 0.5) is 0 Å². The lowest BCUT2D eigenvalue weighted by molar-refractivity contribution is -0.111. The molecule has 0 spiro atoms. The van der Waals surface area contributed by atoms with Gasteiger partial charge in [0.25, 0.3) is 0 Å². The standard InChI is InChI=1S/C9H12.C8H16O/c1-7-4-8(2)6-9(3)5-7;1-3-5-6-8(4-2)7-9/h4-6H,1-3H3;7-8H,3-6H2,1-2H3. The van der Waals surface area contributed by atoms with Crippen LogP contribution in [0.3, 0.4) is 0 Å². The van der Waals surface area contributed by atoms with E-state index in [1.165, 1.54) is 29.5 Å². The first-order valence-corrected chi connectivity index (χ1v) is 7.03. The molecule has 18 heavy (non-hydrogen) atoms. The van der Waals surface area contributed by atoms with E-state index in [1.807, 2.05) is 0 Å². The van der Waals surface area contributed by atoms with Gasteiger partial charge in [-0.3, -0.25) is 0 Å². The second-order valence-electron chi connectivity index (χ2n) is 5.11. The Kier molecular flexibility index (Phi) is 9.26. The molecule has 1 rings (SSSR count). The van der Waals surface area contributed by atoms with Crippen LogP contribution < -0.4 is 0 Å². The lowest BCUT2D eigenvalue weighted by Crippen LogP contribution is -1.98. The zero-order valence-electron chi connectivity index (χ0n) is 12.6. The number of carbonyl (C=O) groups excluding carboxylic acids is 1. The number of aryl methyl sites for hydroxylation is 3. The third-order valence-electron chi connectivity index (χ3n) is 3.01. The molecule has 0 bridgehead atoms. The predicted octanol–water partition coefficient (Wildman–Crippen LogP) is 5.01. The number of aldehydes is 1. The summed E-state index contributed by atoms with van der Waals surface area (Å²) in [7, 11) is 0. The van der Waals surface area contributed by atoms with Crippen LogP contribution in [0.2, 0.25) is 0 Å². The topological polar surface area (TPSA) is 17.1 Å². The van der Waals surface area contributed by atoms with Crippen LogP contribution in [0.15, 0.2) is 18.2 Å². The molecular formula is C17H28O. The molecule has 0 fully saturated rings. The van der Waals surface area contributed by atoms with Crippen molar-refractivity contribution in [2.45, 2.75) is 60.3 Å². The lowest BCUT2D eigenvalue weighted by atomic mass is 10.0. The van der Waals surface area contributed by atoms with Crippen molar-refractivity contribution < 1.29 is 4.79 Å². The van der Waals surface area contributed by atoms with Crippen molar-refractivity contribution >= 4 is 6.29 Å². The minimum atomic E-state index is 0.324. The molecule has 1 nitrogen and oxygen atoms in total. The predicted molar refractivity (Wildman–Crippen MR) is 80.0 cm³/mol. The fourth-order valence-corrected chi connectivity index (χ4v) is 2.04.